The Morgan fingerprint density at radius 1 is 0.930 bits per heavy atom. The number of ether oxygens (including phenoxy) is 2. The quantitative estimate of drug-likeness (QED) is 0.0662. The van der Waals surface area contributed by atoms with E-state index < -0.39 is 18.1 Å². The van der Waals surface area contributed by atoms with Crippen LogP contribution in [0.2, 0.25) is 5.02 Å². The molecule has 1 aliphatic rings. The maximum absolute atomic E-state index is 11.8. The highest BCUT2D eigenvalue weighted by molar-refractivity contribution is 6.32. The summed E-state index contributed by atoms with van der Waals surface area (Å²) in [5, 5.41) is 38.4. The minimum atomic E-state index is -1.59. The average molecular weight is 788 g/mol. The van der Waals surface area contributed by atoms with Gasteiger partial charge in [0.15, 0.2) is 0 Å². The summed E-state index contributed by atoms with van der Waals surface area (Å²) in [5.41, 5.74) is 8.86. The number of carboxylic acids is 1. The van der Waals surface area contributed by atoms with Crippen LogP contribution < -0.4 is 25.4 Å². The van der Waals surface area contributed by atoms with Crippen molar-refractivity contribution < 1.29 is 29.3 Å². The van der Waals surface area contributed by atoms with Crippen LogP contribution in [0.25, 0.3) is 22.3 Å². The molecule has 294 valence electrons. The normalized spacial score (nSPS) is 14.7. The lowest BCUT2D eigenvalue weighted by Crippen LogP contribution is -2.52. The second-order valence-corrected chi connectivity index (χ2v) is 14.9. The van der Waals surface area contributed by atoms with Crippen LogP contribution in [0.1, 0.15) is 58.7 Å². The van der Waals surface area contributed by atoms with Crippen LogP contribution in [-0.2, 0) is 35.9 Å². The number of aliphatic hydroxyl groups is 1. The first kappa shape index (κ1) is 40.9. The van der Waals surface area contributed by atoms with Crippen LogP contribution in [0.3, 0.4) is 0 Å². The van der Waals surface area contributed by atoms with Gasteiger partial charge in [-0.1, -0.05) is 72.3 Å². The molecule has 0 radical (unpaired) electrons. The molecule has 12 heteroatoms. The lowest BCUT2D eigenvalue weighted by Gasteiger charge is -2.25. The topological polar surface area (TPSA) is 166 Å². The van der Waals surface area contributed by atoms with E-state index in [1.807, 2.05) is 12.1 Å². The molecule has 2 atom stereocenters. The summed E-state index contributed by atoms with van der Waals surface area (Å²) in [7, 11) is 0. The lowest BCUT2D eigenvalue weighted by atomic mass is 9.89. The molecule has 0 spiro atoms. The van der Waals surface area contributed by atoms with E-state index in [4.69, 9.17) is 21.1 Å². The van der Waals surface area contributed by atoms with E-state index in [1.165, 1.54) is 18.7 Å². The second-order valence-electron chi connectivity index (χ2n) is 14.5. The highest BCUT2D eigenvalue weighted by Gasteiger charge is 2.32. The highest BCUT2D eigenvalue weighted by Crippen LogP contribution is 2.37. The van der Waals surface area contributed by atoms with E-state index in [1.54, 1.807) is 24.4 Å². The maximum atomic E-state index is 11.8. The molecule has 1 saturated heterocycles. The molecule has 0 bridgehead atoms. The average Bonchev–Trinajstić information content (AvgIpc) is 3.64. The fourth-order valence-electron chi connectivity index (χ4n) is 6.79. The van der Waals surface area contributed by atoms with Crippen molar-refractivity contribution in [2.45, 2.75) is 71.5 Å². The summed E-state index contributed by atoms with van der Waals surface area (Å²) in [6.45, 7) is 6.79. The molecule has 1 amide bonds. The van der Waals surface area contributed by atoms with Crippen LogP contribution in [0, 0.1) is 25.2 Å². The van der Waals surface area contributed by atoms with E-state index in [9.17, 15) is 25.1 Å². The number of aliphatic carboxylic acids is 1. The molecule has 11 nitrogen and oxygen atoms in total. The van der Waals surface area contributed by atoms with Crippen molar-refractivity contribution in [3.63, 3.8) is 0 Å². The Morgan fingerprint density at radius 3 is 2.35 bits per heavy atom. The number of hydrogen-bond donors (Lipinski definition) is 5. The van der Waals surface area contributed by atoms with E-state index in [0.717, 1.165) is 58.5 Å². The number of aliphatic hydroxyl groups excluding tert-OH is 1. The molecular formula is C45H46ClN5O6. The number of rotatable bonds is 17. The summed E-state index contributed by atoms with van der Waals surface area (Å²) >= 11 is 6.76. The molecule has 6 rings (SSSR count). The van der Waals surface area contributed by atoms with Gasteiger partial charge in [0.05, 0.1) is 17.2 Å². The Labute approximate surface area is 337 Å². The third kappa shape index (κ3) is 9.97. The van der Waals surface area contributed by atoms with Crippen molar-refractivity contribution in [3.8, 4) is 39.8 Å². The van der Waals surface area contributed by atoms with Crippen molar-refractivity contribution in [2.24, 2.45) is 0 Å². The third-order valence-electron chi connectivity index (χ3n) is 10.4. The van der Waals surface area contributed by atoms with E-state index in [2.05, 4.69) is 89.4 Å². The number of carboxylic acid groups (broad SMARTS) is 1. The number of pyridine rings is 1. The van der Waals surface area contributed by atoms with Crippen molar-refractivity contribution in [2.75, 3.05) is 13.2 Å². The minimum Gasteiger partial charge on any atom is -0.488 e. The Hall–Kier alpha value is -5.77. The summed E-state index contributed by atoms with van der Waals surface area (Å²) < 4.78 is 12.5. The van der Waals surface area contributed by atoms with Gasteiger partial charge in [-0.3, -0.25) is 19.9 Å². The number of nitriles is 1. The Balaban J connectivity index is 1.19. The summed E-state index contributed by atoms with van der Waals surface area (Å²) in [6.07, 6.45) is 4.54. The van der Waals surface area contributed by atoms with Gasteiger partial charge in [0.2, 0.25) is 5.91 Å². The van der Waals surface area contributed by atoms with Crippen molar-refractivity contribution >= 4 is 23.5 Å². The number of nitrogens with one attached hydrogen (secondary N) is 3. The number of hydrogen-bond acceptors (Lipinski definition) is 9. The van der Waals surface area contributed by atoms with E-state index >= 15 is 0 Å². The monoisotopic (exact) mass is 787 g/mol. The smallest absolute Gasteiger partial charge is 0.326 e. The number of benzene rings is 4. The van der Waals surface area contributed by atoms with E-state index in [-0.39, 0.29) is 31.7 Å². The SMILES string of the molecule is Cc1c(COc2cc(OCc3cncc(C#N)c3)c(CN[C@@](C)(CO)C(=O)O)cc2Cl)cccc1-c1cccc(-c2ccc(CNC[C@@H]3CCC(=O)N3)cc2)c1C. The number of nitrogens with zero attached hydrogens (tertiary/aromatic N) is 2. The molecule has 0 aliphatic carbocycles. The van der Waals surface area contributed by atoms with Gasteiger partial charge < -0.3 is 30.3 Å². The van der Waals surface area contributed by atoms with Gasteiger partial charge in [-0.2, -0.15) is 5.26 Å². The maximum Gasteiger partial charge on any atom is 0.326 e. The zero-order chi connectivity index (χ0) is 40.5. The Morgan fingerprint density at radius 2 is 1.65 bits per heavy atom. The van der Waals surface area contributed by atoms with Crippen molar-refractivity contribution in [1.29, 1.82) is 5.26 Å². The van der Waals surface area contributed by atoms with Gasteiger partial charge in [-0.05, 0) is 83.8 Å². The second kappa shape index (κ2) is 18.4. The zero-order valence-corrected chi connectivity index (χ0v) is 33.0. The minimum absolute atomic E-state index is 0.0262. The zero-order valence-electron chi connectivity index (χ0n) is 32.2. The molecule has 0 saturated carbocycles. The van der Waals surface area contributed by atoms with Crippen LogP contribution in [-0.4, -0.2) is 51.8 Å². The summed E-state index contributed by atoms with van der Waals surface area (Å²) in [5.74, 6) is -0.323. The third-order valence-corrected chi connectivity index (χ3v) is 10.7. The molecule has 0 unspecified atom stereocenters. The molecular weight excluding hydrogens is 742 g/mol. The molecule has 1 aliphatic heterocycles. The first-order valence-electron chi connectivity index (χ1n) is 18.8. The number of halogens is 1. The van der Waals surface area contributed by atoms with Gasteiger partial charge in [0.25, 0.3) is 0 Å². The predicted octanol–water partition coefficient (Wildman–Crippen LogP) is 7.01. The number of carbonyl (C=O) groups is 2. The summed E-state index contributed by atoms with van der Waals surface area (Å²) in [6, 6.07) is 28.3. The molecule has 57 heavy (non-hydrogen) atoms. The molecule has 5 N–H and O–H groups in total. The number of amides is 1. The molecule has 1 fully saturated rings. The van der Waals surface area contributed by atoms with Crippen molar-refractivity contribution in [1.82, 2.24) is 20.9 Å². The molecule has 4 aromatic carbocycles. The van der Waals surface area contributed by atoms with Gasteiger partial charge >= 0.3 is 5.97 Å². The lowest BCUT2D eigenvalue weighted by molar-refractivity contribution is -0.146. The Kier molecular flexibility index (Phi) is 13.2. The fraction of sp³-hybridized carbons (Fsp3) is 0.289. The fourth-order valence-corrected chi connectivity index (χ4v) is 7.03. The predicted molar refractivity (Wildman–Crippen MR) is 219 cm³/mol. The number of carbonyl (C=O) groups excluding carboxylic acids is 1. The van der Waals surface area contributed by atoms with Crippen LogP contribution in [0.4, 0.5) is 0 Å². The molecule has 2 heterocycles. The van der Waals surface area contributed by atoms with Gasteiger partial charge in [0.1, 0.15) is 36.3 Å². The van der Waals surface area contributed by atoms with Gasteiger partial charge in [-0.15, -0.1) is 0 Å². The first-order chi connectivity index (χ1) is 27.5. The van der Waals surface area contributed by atoms with Crippen LogP contribution >= 0.6 is 11.6 Å². The van der Waals surface area contributed by atoms with Crippen LogP contribution in [0.15, 0.2) is 91.3 Å². The van der Waals surface area contributed by atoms with Crippen molar-refractivity contribution in [3.05, 3.63) is 135 Å². The van der Waals surface area contributed by atoms with Crippen LogP contribution in [0.5, 0.6) is 11.5 Å². The Bertz CT molecular complexity index is 2290. The summed E-state index contributed by atoms with van der Waals surface area (Å²) in [4.78, 5) is 27.5. The first-order valence-corrected chi connectivity index (χ1v) is 19.1. The highest BCUT2D eigenvalue weighted by atomic mass is 35.5. The van der Waals surface area contributed by atoms with Gasteiger partial charge in [0, 0.05) is 61.7 Å². The molecule has 5 aromatic rings. The van der Waals surface area contributed by atoms with Gasteiger partial charge in [-0.25, -0.2) is 0 Å². The molecule has 1 aromatic heterocycles. The largest absolute Gasteiger partial charge is 0.488 e. The standard InChI is InChI=1S/C45H46ClN5O6/c1-28-34(6-4-8-38(28)39-9-5-7-37(29(39)2)33-12-10-30(11-13-33)20-49-24-36-14-15-43(53)51-36)26-57-42-18-41(56-25-32-16-31(19-47)21-48-22-32)35(17-40(42)46)23-50-45(3,27-52)44(54)55/h4-13,16-18,21-22,36,49-50,52H,14-15,20,23-27H2,1-3H3,(H,51,53)(H,54,55)/t36-,45-/m0/s1. The number of aromatic nitrogens is 1. The van der Waals surface area contributed by atoms with E-state index in [0.29, 0.717) is 39.6 Å².